The summed E-state index contributed by atoms with van der Waals surface area (Å²) in [5, 5.41) is 3.06. The lowest BCUT2D eigenvalue weighted by atomic mass is 9.93. The van der Waals surface area contributed by atoms with Crippen LogP contribution >= 0.6 is 0 Å². The topological polar surface area (TPSA) is 73.6 Å². The highest BCUT2D eigenvalue weighted by Crippen LogP contribution is 2.39. The number of likely N-dealkylation sites (N-methyl/N-ethyl adjacent to an activating group) is 1. The molecule has 5 nitrogen and oxygen atoms in total. The molecule has 5 heteroatoms. The Morgan fingerprint density at radius 3 is 2.44 bits per heavy atom. The zero-order valence-corrected chi connectivity index (χ0v) is 11.9. The number of ether oxygens (including phenoxy) is 2. The summed E-state index contributed by atoms with van der Waals surface area (Å²) in [7, 11) is 3.46. The summed E-state index contributed by atoms with van der Waals surface area (Å²) in [6.45, 7) is 4.92. The lowest BCUT2D eigenvalue weighted by molar-refractivity contribution is -0.128. The van der Waals surface area contributed by atoms with E-state index in [0.717, 1.165) is 19.3 Å². The summed E-state index contributed by atoms with van der Waals surface area (Å²) in [5.41, 5.74) is 4.61. The van der Waals surface area contributed by atoms with Crippen molar-refractivity contribution < 1.29 is 14.3 Å². The summed E-state index contributed by atoms with van der Waals surface area (Å²) >= 11 is 0. The van der Waals surface area contributed by atoms with Crippen LogP contribution in [-0.4, -0.2) is 44.4 Å². The van der Waals surface area contributed by atoms with Crippen LogP contribution in [0.4, 0.5) is 0 Å². The van der Waals surface area contributed by atoms with Crippen molar-refractivity contribution >= 4 is 5.91 Å². The first kappa shape index (κ1) is 15.4. The molecule has 0 heterocycles. The van der Waals surface area contributed by atoms with Crippen molar-refractivity contribution in [2.45, 2.75) is 44.2 Å². The van der Waals surface area contributed by atoms with Crippen molar-refractivity contribution in [3.8, 4) is 0 Å². The molecule has 1 rings (SSSR count). The molecule has 0 aromatic rings. The Kier molecular flexibility index (Phi) is 5.13. The van der Waals surface area contributed by atoms with E-state index in [4.69, 9.17) is 15.2 Å². The van der Waals surface area contributed by atoms with E-state index in [2.05, 4.69) is 5.32 Å². The first-order chi connectivity index (χ1) is 8.38. The van der Waals surface area contributed by atoms with Crippen molar-refractivity contribution in [2.75, 3.05) is 27.4 Å². The van der Waals surface area contributed by atoms with Crippen LogP contribution in [0.3, 0.4) is 0 Å². The Morgan fingerprint density at radius 1 is 1.44 bits per heavy atom. The molecular formula is C13H26N2O3. The number of rotatable bonds is 9. The molecule has 0 spiro atoms. The number of carbonyl (C=O) groups excluding carboxylic acids is 1. The van der Waals surface area contributed by atoms with Gasteiger partial charge < -0.3 is 20.5 Å². The molecule has 3 N–H and O–H groups in total. The minimum absolute atomic E-state index is 0.200. The number of hydrogen-bond donors (Lipinski definition) is 2. The summed E-state index contributed by atoms with van der Waals surface area (Å²) in [6, 6.07) is 0. The van der Waals surface area contributed by atoms with E-state index >= 15 is 0 Å². The van der Waals surface area contributed by atoms with Gasteiger partial charge in [0.2, 0.25) is 5.91 Å². The summed E-state index contributed by atoms with van der Waals surface area (Å²) < 4.78 is 11.0. The maximum Gasteiger partial charge on any atom is 0.240 e. The molecule has 1 saturated carbocycles. The van der Waals surface area contributed by atoms with Gasteiger partial charge in [0.15, 0.2) is 0 Å². The molecule has 0 aliphatic heterocycles. The van der Waals surface area contributed by atoms with Crippen LogP contribution in [0.25, 0.3) is 0 Å². The smallest absolute Gasteiger partial charge is 0.240 e. The zero-order chi connectivity index (χ0) is 13.8. The van der Waals surface area contributed by atoms with Crippen LogP contribution in [0.15, 0.2) is 0 Å². The van der Waals surface area contributed by atoms with Gasteiger partial charge in [-0.2, -0.15) is 0 Å². The largest absolute Gasteiger partial charge is 0.379 e. The predicted octanol–water partition coefficient (Wildman–Crippen LogP) is 0.672. The lowest BCUT2D eigenvalue weighted by Gasteiger charge is -2.31. The van der Waals surface area contributed by atoms with Crippen molar-refractivity contribution in [1.29, 1.82) is 0 Å². The normalized spacial score (nSPS) is 19.6. The third-order valence-corrected chi connectivity index (χ3v) is 3.89. The van der Waals surface area contributed by atoms with Gasteiger partial charge in [0.25, 0.3) is 0 Å². The predicted molar refractivity (Wildman–Crippen MR) is 70.2 cm³/mol. The fraction of sp³-hybridized carbons (Fsp3) is 0.923. The molecule has 106 valence electrons. The molecule has 1 fully saturated rings. The Labute approximate surface area is 109 Å². The second kappa shape index (κ2) is 5.99. The standard InChI is InChI=1S/C13H26N2O3/c1-12(2,17-4)7-8-18-9-13(15-3,11(14)16)10-5-6-10/h10,15H,5-9H2,1-4H3,(H2,14,16). The molecule has 1 aliphatic carbocycles. The van der Waals surface area contributed by atoms with Crippen molar-refractivity contribution in [3.05, 3.63) is 0 Å². The number of carbonyl (C=O) groups is 1. The first-order valence-electron chi connectivity index (χ1n) is 6.49. The third-order valence-electron chi connectivity index (χ3n) is 3.89. The maximum atomic E-state index is 11.6. The first-order valence-corrected chi connectivity index (χ1v) is 6.49. The third kappa shape index (κ3) is 3.67. The van der Waals surface area contributed by atoms with E-state index in [1.54, 1.807) is 14.2 Å². The molecule has 0 bridgehead atoms. The summed E-state index contributed by atoms with van der Waals surface area (Å²) in [6.07, 6.45) is 2.86. The van der Waals surface area contributed by atoms with E-state index in [9.17, 15) is 4.79 Å². The molecule has 0 saturated heterocycles. The Bertz CT molecular complexity index is 290. The molecule has 0 radical (unpaired) electrons. The SMILES string of the molecule is CNC(COCCC(C)(C)OC)(C(N)=O)C1CC1. The van der Waals surface area contributed by atoms with Gasteiger partial charge in [0, 0.05) is 13.7 Å². The average Bonchev–Trinajstić information content (AvgIpc) is 3.13. The van der Waals surface area contributed by atoms with Gasteiger partial charge in [0.1, 0.15) is 5.54 Å². The minimum Gasteiger partial charge on any atom is -0.379 e. The Hall–Kier alpha value is -0.650. The van der Waals surface area contributed by atoms with Gasteiger partial charge in [-0.25, -0.2) is 0 Å². The Balaban J connectivity index is 2.42. The van der Waals surface area contributed by atoms with Crippen LogP contribution in [0.2, 0.25) is 0 Å². The number of methoxy groups -OCH3 is 1. The monoisotopic (exact) mass is 258 g/mol. The van der Waals surface area contributed by atoms with Crippen LogP contribution in [0.1, 0.15) is 33.1 Å². The number of amides is 1. The molecule has 1 aliphatic rings. The van der Waals surface area contributed by atoms with Crippen molar-refractivity contribution in [1.82, 2.24) is 5.32 Å². The number of nitrogens with one attached hydrogen (secondary N) is 1. The van der Waals surface area contributed by atoms with E-state index in [0.29, 0.717) is 19.1 Å². The van der Waals surface area contributed by atoms with Gasteiger partial charge in [-0.3, -0.25) is 4.79 Å². The highest BCUT2D eigenvalue weighted by Gasteiger charge is 2.49. The van der Waals surface area contributed by atoms with E-state index in [-0.39, 0.29) is 11.5 Å². The molecule has 0 aromatic heterocycles. The number of nitrogens with two attached hydrogens (primary N) is 1. The molecular weight excluding hydrogens is 232 g/mol. The van der Waals surface area contributed by atoms with E-state index < -0.39 is 5.54 Å². The fourth-order valence-corrected chi connectivity index (χ4v) is 2.02. The average molecular weight is 258 g/mol. The van der Waals surface area contributed by atoms with Crippen LogP contribution in [0.5, 0.6) is 0 Å². The molecule has 1 atom stereocenters. The van der Waals surface area contributed by atoms with Gasteiger partial charge in [-0.05, 0) is 46.1 Å². The maximum absolute atomic E-state index is 11.6. The Morgan fingerprint density at radius 2 is 2.06 bits per heavy atom. The highest BCUT2D eigenvalue weighted by molar-refractivity contribution is 5.85. The van der Waals surface area contributed by atoms with Gasteiger partial charge in [0.05, 0.1) is 12.2 Å². The molecule has 18 heavy (non-hydrogen) atoms. The van der Waals surface area contributed by atoms with Gasteiger partial charge >= 0.3 is 0 Å². The highest BCUT2D eigenvalue weighted by atomic mass is 16.5. The second-order valence-electron chi connectivity index (χ2n) is 5.63. The van der Waals surface area contributed by atoms with E-state index in [1.807, 2.05) is 13.8 Å². The van der Waals surface area contributed by atoms with Crippen molar-refractivity contribution in [2.24, 2.45) is 11.7 Å². The summed E-state index contributed by atoms with van der Waals surface area (Å²) in [4.78, 5) is 11.6. The van der Waals surface area contributed by atoms with Gasteiger partial charge in [-0.1, -0.05) is 0 Å². The molecule has 1 amide bonds. The summed E-state index contributed by atoms with van der Waals surface area (Å²) in [5.74, 6) is -0.00561. The van der Waals surface area contributed by atoms with Crippen LogP contribution in [-0.2, 0) is 14.3 Å². The van der Waals surface area contributed by atoms with Gasteiger partial charge in [-0.15, -0.1) is 0 Å². The number of hydrogen-bond acceptors (Lipinski definition) is 4. The second-order valence-corrected chi connectivity index (χ2v) is 5.63. The number of primary amides is 1. The molecule has 0 aromatic carbocycles. The van der Waals surface area contributed by atoms with Crippen LogP contribution < -0.4 is 11.1 Å². The quantitative estimate of drug-likeness (QED) is 0.596. The molecule has 1 unspecified atom stereocenters. The lowest BCUT2D eigenvalue weighted by Crippen LogP contribution is -2.59. The fourth-order valence-electron chi connectivity index (χ4n) is 2.02. The van der Waals surface area contributed by atoms with Crippen molar-refractivity contribution in [3.63, 3.8) is 0 Å². The zero-order valence-electron chi connectivity index (χ0n) is 11.9. The van der Waals surface area contributed by atoms with E-state index in [1.165, 1.54) is 0 Å². The van der Waals surface area contributed by atoms with Crippen LogP contribution in [0, 0.1) is 5.92 Å². The minimum atomic E-state index is -0.697.